The van der Waals surface area contributed by atoms with E-state index >= 15 is 0 Å². The van der Waals surface area contributed by atoms with Gasteiger partial charge in [0.1, 0.15) is 5.75 Å². The van der Waals surface area contributed by atoms with E-state index in [0.29, 0.717) is 0 Å². The number of nitrogens with zero attached hydrogens (tertiary/aromatic N) is 3. The van der Waals surface area contributed by atoms with Crippen LogP contribution in [0.4, 0.5) is 0 Å². The number of rotatable bonds is 5. The van der Waals surface area contributed by atoms with E-state index in [1.807, 2.05) is 27.2 Å². The molecular formula is C14H20N4O. The molecule has 0 aliphatic heterocycles. The first-order chi connectivity index (χ1) is 9.13. The molecule has 0 aliphatic rings. The van der Waals surface area contributed by atoms with Crippen LogP contribution in [0.1, 0.15) is 22.9 Å². The molecule has 1 aromatic carbocycles. The van der Waals surface area contributed by atoms with E-state index in [4.69, 9.17) is 4.74 Å². The summed E-state index contributed by atoms with van der Waals surface area (Å²) in [4.78, 5) is 0. The number of nitrogens with one attached hydrogen (secondary N) is 1. The Morgan fingerprint density at radius 2 is 2.21 bits per heavy atom. The minimum atomic E-state index is 0.200. The molecule has 5 heteroatoms. The molecule has 19 heavy (non-hydrogen) atoms. The molecule has 1 aromatic heterocycles. The monoisotopic (exact) mass is 260 g/mol. The molecule has 2 rings (SSSR count). The zero-order chi connectivity index (χ0) is 13.8. The Balaban J connectivity index is 2.21. The number of aromatic nitrogens is 3. The van der Waals surface area contributed by atoms with Crippen LogP contribution in [0.2, 0.25) is 0 Å². The van der Waals surface area contributed by atoms with Gasteiger partial charge in [-0.05, 0) is 31.2 Å². The van der Waals surface area contributed by atoms with E-state index in [1.54, 1.807) is 11.8 Å². The van der Waals surface area contributed by atoms with Gasteiger partial charge in [-0.1, -0.05) is 17.3 Å². The van der Waals surface area contributed by atoms with Gasteiger partial charge in [0.2, 0.25) is 0 Å². The molecule has 0 aliphatic carbocycles. The third-order valence-electron chi connectivity index (χ3n) is 3.25. The summed E-state index contributed by atoms with van der Waals surface area (Å²) in [6, 6.07) is 6.48. The SMILES string of the molecule is CNC(Cc1cn(C)nn1)c1ccc(C)c(OC)c1. The van der Waals surface area contributed by atoms with Crippen LogP contribution >= 0.6 is 0 Å². The van der Waals surface area contributed by atoms with Crippen molar-refractivity contribution in [2.24, 2.45) is 7.05 Å². The molecule has 0 amide bonds. The van der Waals surface area contributed by atoms with Crippen LogP contribution in [0, 0.1) is 6.92 Å². The lowest BCUT2D eigenvalue weighted by atomic mass is 10.0. The third kappa shape index (κ3) is 3.12. The zero-order valence-corrected chi connectivity index (χ0v) is 11.8. The highest BCUT2D eigenvalue weighted by molar-refractivity contribution is 5.38. The number of ether oxygens (including phenoxy) is 1. The van der Waals surface area contributed by atoms with Crippen LogP contribution < -0.4 is 10.1 Å². The van der Waals surface area contributed by atoms with Crippen LogP contribution in [0.3, 0.4) is 0 Å². The molecule has 5 nitrogen and oxygen atoms in total. The quantitative estimate of drug-likeness (QED) is 0.888. The molecule has 102 valence electrons. The first-order valence-corrected chi connectivity index (χ1v) is 6.31. The largest absolute Gasteiger partial charge is 0.496 e. The maximum Gasteiger partial charge on any atom is 0.122 e. The van der Waals surface area contributed by atoms with Crippen LogP contribution in [0.25, 0.3) is 0 Å². The molecular weight excluding hydrogens is 240 g/mol. The fraction of sp³-hybridized carbons (Fsp3) is 0.429. The normalized spacial score (nSPS) is 12.4. The minimum Gasteiger partial charge on any atom is -0.496 e. The van der Waals surface area contributed by atoms with Gasteiger partial charge < -0.3 is 10.1 Å². The Hall–Kier alpha value is -1.88. The predicted octanol–water partition coefficient (Wildman–Crippen LogP) is 1.64. The number of methoxy groups -OCH3 is 1. The van der Waals surface area contributed by atoms with Gasteiger partial charge in [0.05, 0.1) is 12.8 Å². The highest BCUT2D eigenvalue weighted by atomic mass is 16.5. The summed E-state index contributed by atoms with van der Waals surface area (Å²) in [5, 5.41) is 11.4. The second-order valence-corrected chi connectivity index (χ2v) is 4.66. The van der Waals surface area contributed by atoms with Gasteiger partial charge >= 0.3 is 0 Å². The topological polar surface area (TPSA) is 52.0 Å². The number of aryl methyl sites for hydroxylation is 2. The molecule has 1 heterocycles. The predicted molar refractivity (Wildman–Crippen MR) is 74.2 cm³/mol. The number of likely N-dealkylation sites (N-methyl/N-ethyl adjacent to an activating group) is 1. The van der Waals surface area contributed by atoms with Gasteiger partial charge in [-0.25, -0.2) is 0 Å². The fourth-order valence-electron chi connectivity index (χ4n) is 2.14. The van der Waals surface area contributed by atoms with Crippen LogP contribution in [0.15, 0.2) is 24.4 Å². The van der Waals surface area contributed by atoms with Crippen LogP contribution in [0.5, 0.6) is 5.75 Å². The van der Waals surface area contributed by atoms with Gasteiger partial charge in [-0.3, -0.25) is 4.68 Å². The average Bonchev–Trinajstić information content (AvgIpc) is 2.82. The van der Waals surface area contributed by atoms with Crippen molar-refractivity contribution in [3.05, 3.63) is 41.2 Å². The summed E-state index contributed by atoms with van der Waals surface area (Å²) in [6.07, 6.45) is 2.74. The lowest BCUT2D eigenvalue weighted by Gasteiger charge is -2.17. The van der Waals surface area contributed by atoms with Crippen molar-refractivity contribution in [3.63, 3.8) is 0 Å². The molecule has 1 atom stereocenters. The van der Waals surface area contributed by atoms with Crippen molar-refractivity contribution < 1.29 is 4.74 Å². The van der Waals surface area contributed by atoms with Gasteiger partial charge in [-0.15, -0.1) is 5.10 Å². The van der Waals surface area contributed by atoms with Crippen molar-refractivity contribution in [3.8, 4) is 5.75 Å². The summed E-state index contributed by atoms with van der Waals surface area (Å²) in [5.74, 6) is 0.914. The summed E-state index contributed by atoms with van der Waals surface area (Å²) < 4.78 is 7.09. The van der Waals surface area contributed by atoms with Crippen LogP contribution in [-0.2, 0) is 13.5 Å². The summed E-state index contributed by atoms with van der Waals surface area (Å²) >= 11 is 0. The fourth-order valence-corrected chi connectivity index (χ4v) is 2.14. The molecule has 0 spiro atoms. The lowest BCUT2D eigenvalue weighted by molar-refractivity contribution is 0.410. The molecule has 1 N–H and O–H groups in total. The van der Waals surface area contributed by atoms with E-state index in [1.165, 1.54) is 5.56 Å². The summed E-state index contributed by atoms with van der Waals surface area (Å²) in [7, 11) is 5.52. The van der Waals surface area contributed by atoms with Crippen molar-refractivity contribution in [1.82, 2.24) is 20.3 Å². The Morgan fingerprint density at radius 1 is 1.42 bits per heavy atom. The first-order valence-electron chi connectivity index (χ1n) is 6.31. The maximum atomic E-state index is 5.37. The molecule has 0 bridgehead atoms. The average molecular weight is 260 g/mol. The second kappa shape index (κ2) is 5.84. The summed E-state index contributed by atoms with van der Waals surface area (Å²) in [5.41, 5.74) is 3.30. The second-order valence-electron chi connectivity index (χ2n) is 4.66. The lowest BCUT2D eigenvalue weighted by Crippen LogP contribution is -2.19. The number of hydrogen-bond donors (Lipinski definition) is 1. The Kier molecular flexibility index (Phi) is 4.16. The van der Waals surface area contributed by atoms with Gasteiger partial charge in [-0.2, -0.15) is 0 Å². The molecule has 2 aromatic rings. The van der Waals surface area contributed by atoms with E-state index < -0.39 is 0 Å². The Bertz CT molecular complexity index is 550. The standard InChI is InChI=1S/C14H20N4O/c1-10-5-6-11(7-14(10)19-4)13(15-2)8-12-9-18(3)17-16-12/h5-7,9,13,15H,8H2,1-4H3. The van der Waals surface area contributed by atoms with Gasteiger partial charge in [0.15, 0.2) is 0 Å². The number of benzene rings is 1. The Labute approximate surface area is 113 Å². The molecule has 0 saturated heterocycles. The van der Waals surface area contributed by atoms with Gasteiger partial charge in [0.25, 0.3) is 0 Å². The van der Waals surface area contributed by atoms with Crippen molar-refractivity contribution in [2.45, 2.75) is 19.4 Å². The van der Waals surface area contributed by atoms with E-state index in [0.717, 1.165) is 23.4 Å². The van der Waals surface area contributed by atoms with E-state index in [-0.39, 0.29) is 6.04 Å². The molecule has 0 saturated carbocycles. The minimum absolute atomic E-state index is 0.200. The maximum absolute atomic E-state index is 5.37. The number of hydrogen-bond acceptors (Lipinski definition) is 4. The third-order valence-corrected chi connectivity index (χ3v) is 3.25. The molecule has 0 radical (unpaired) electrons. The van der Waals surface area contributed by atoms with Crippen molar-refractivity contribution in [2.75, 3.05) is 14.2 Å². The molecule has 1 unspecified atom stereocenters. The van der Waals surface area contributed by atoms with Crippen molar-refractivity contribution >= 4 is 0 Å². The van der Waals surface area contributed by atoms with Crippen molar-refractivity contribution in [1.29, 1.82) is 0 Å². The Morgan fingerprint density at radius 3 is 2.79 bits per heavy atom. The highest BCUT2D eigenvalue weighted by Gasteiger charge is 2.13. The molecule has 0 fully saturated rings. The summed E-state index contributed by atoms with van der Waals surface area (Å²) in [6.45, 7) is 2.04. The smallest absolute Gasteiger partial charge is 0.122 e. The van der Waals surface area contributed by atoms with E-state index in [9.17, 15) is 0 Å². The first kappa shape index (κ1) is 13.5. The zero-order valence-electron chi connectivity index (χ0n) is 11.8. The van der Waals surface area contributed by atoms with Gasteiger partial charge in [0, 0.05) is 25.7 Å². The van der Waals surface area contributed by atoms with E-state index in [2.05, 4.69) is 33.8 Å². The van der Waals surface area contributed by atoms with Crippen LogP contribution in [-0.4, -0.2) is 29.2 Å². The highest BCUT2D eigenvalue weighted by Crippen LogP contribution is 2.24.